The Bertz CT molecular complexity index is 1250. The summed E-state index contributed by atoms with van der Waals surface area (Å²) in [6.45, 7) is 7.91. The summed E-state index contributed by atoms with van der Waals surface area (Å²) in [5.74, 6) is 0.0134. The summed E-state index contributed by atoms with van der Waals surface area (Å²) in [6, 6.07) is 7.69. The largest absolute Gasteiger partial charge is 0.356 e. The Kier molecular flexibility index (Phi) is 7.26. The Morgan fingerprint density at radius 1 is 1.29 bits per heavy atom. The molecule has 1 saturated heterocycles. The molecular formula is C24H30N6O3S. The van der Waals surface area contributed by atoms with E-state index in [-0.39, 0.29) is 29.8 Å². The van der Waals surface area contributed by atoms with Crippen molar-refractivity contribution in [3.63, 3.8) is 0 Å². The second kappa shape index (κ2) is 10.3. The standard InChI is InChI=1S/C24H30N6O3S/c1-4-25-22(32)17-8-6-10-29(12-17)24-28-21-20(34-24)23(33)30(14-26-21)13-19(31)27-18-9-5-7-16(11-18)15(2)3/h5,7,9,11,14-15,17H,4,6,8,10,12-13H2,1-3H3,(H,25,32)(H,27,31)/t17-/m1/s1. The first-order chi connectivity index (χ1) is 16.4. The SMILES string of the molecule is CCNC(=O)[C@@H]1CCCN(c2nc3ncn(CC(=O)Nc4cccc(C(C)C)c4)c(=O)c3s2)C1. The number of hydrogen-bond donors (Lipinski definition) is 2. The third kappa shape index (κ3) is 5.27. The van der Waals surface area contributed by atoms with Gasteiger partial charge in [-0.05, 0) is 43.4 Å². The molecule has 0 aliphatic carbocycles. The lowest BCUT2D eigenvalue weighted by molar-refractivity contribution is -0.125. The van der Waals surface area contributed by atoms with Crippen molar-refractivity contribution in [2.45, 2.75) is 46.1 Å². The van der Waals surface area contributed by atoms with E-state index in [1.54, 1.807) is 0 Å². The molecule has 180 valence electrons. The van der Waals surface area contributed by atoms with Crippen molar-refractivity contribution in [1.29, 1.82) is 0 Å². The highest BCUT2D eigenvalue weighted by Crippen LogP contribution is 2.29. The van der Waals surface area contributed by atoms with E-state index in [1.165, 1.54) is 22.2 Å². The fraction of sp³-hybridized carbons (Fsp3) is 0.458. The Hall–Kier alpha value is -3.27. The van der Waals surface area contributed by atoms with Gasteiger partial charge in [-0.1, -0.05) is 37.3 Å². The fourth-order valence-electron chi connectivity index (χ4n) is 4.10. The van der Waals surface area contributed by atoms with Gasteiger partial charge in [0.1, 0.15) is 17.6 Å². The van der Waals surface area contributed by atoms with Crippen LogP contribution in [0.4, 0.5) is 10.8 Å². The summed E-state index contributed by atoms with van der Waals surface area (Å²) >= 11 is 1.26. The second-order valence-corrected chi connectivity index (χ2v) is 9.81. The lowest BCUT2D eigenvalue weighted by Crippen LogP contribution is -2.43. The predicted octanol–water partition coefficient (Wildman–Crippen LogP) is 2.97. The average Bonchev–Trinajstić information content (AvgIpc) is 3.27. The molecule has 3 aromatic rings. The Labute approximate surface area is 202 Å². The quantitative estimate of drug-likeness (QED) is 0.536. The number of benzene rings is 1. The van der Waals surface area contributed by atoms with Gasteiger partial charge in [-0.2, -0.15) is 4.98 Å². The highest BCUT2D eigenvalue weighted by molar-refractivity contribution is 7.22. The van der Waals surface area contributed by atoms with Gasteiger partial charge in [0.2, 0.25) is 11.8 Å². The maximum atomic E-state index is 13.0. The molecular weight excluding hydrogens is 452 g/mol. The number of carbonyl (C=O) groups excluding carboxylic acids is 2. The third-order valence-electron chi connectivity index (χ3n) is 5.94. The minimum atomic E-state index is -0.297. The van der Waals surface area contributed by atoms with Gasteiger partial charge in [-0.3, -0.25) is 19.0 Å². The maximum Gasteiger partial charge on any atom is 0.273 e. The summed E-state index contributed by atoms with van der Waals surface area (Å²) in [4.78, 5) is 48.8. The van der Waals surface area contributed by atoms with Gasteiger partial charge in [-0.25, -0.2) is 4.98 Å². The fourth-order valence-corrected chi connectivity index (χ4v) is 5.10. The Morgan fingerprint density at radius 2 is 2.12 bits per heavy atom. The second-order valence-electron chi connectivity index (χ2n) is 8.83. The number of fused-ring (bicyclic) bond motifs is 1. The number of rotatable bonds is 7. The first-order valence-corrected chi connectivity index (χ1v) is 12.5. The molecule has 34 heavy (non-hydrogen) atoms. The van der Waals surface area contributed by atoms with Gasteiger partial charge < -0.3 is 15.5 Å². The van der Waals surface area contributed by atoms with Crippen LogP contribution in [0.15, 0.2) is 35.4 Å². The van der Waals surface area contributed by atoms with Crippen LogP contribution in [-0.4, -0.2) is 46.0 Å². The molecule has 0 unspecified atom stereocenters. The van der Waals surface area contributed by atoms with Crippen molar-refractivity contribution >= 4 is 44.3 Å². The van der Waals surface area contributed by atoms with Crippen LogP contribution in [0, 0.1) is 5.92 Å². The summed E-state index contributed by atoms with van der Waals surface area (Å²) < 4.78 is 1.71. The maximum absolute atomic E-state index is 13.0. The van der Waals surface area contributed by atoms with E-state index in [0.29, 0.717) is 40.2 Å². The minimum absolute atomic E-state index is 0.0544. The topological polar surface area (TPSA) is 109 Å². The van der Waals surface area contributed by atoms with Crippen LogP contribution < -0.4 is 21.1 Å². The van der Waals surface area contributed by atoms with Crippen molar-refractivity contribution in [3.8, 4) is 0 Å². The van der Waals surface area contributed by atoms with Crippen LogP contribution in [0.25, 0.3) is 10.3 Å². The molecule has 4 rings (SSSR count). The normalized spacial score (nSPS) is 16.1. The number of nitrogens with one attached hydrogen (secondary N) is 2. The van der Waals surface area contributed by atoms with Gasteiger partial charge in [-0.15, -0.1) is 0 Å². The Balaban J connectivity index is 1.49. The molecule has 0 bridgehead atoms. The van der Waals surface area contributed by atoms with E-state index >= 15 is 0 Å². The monoisotopic (exact) mass is 482 g/mol. The van der Waals surface area contributed by atoms with Gasteiger partial charge in [0.25, 0.3) is 5.56 Å². The number of hydrogen-bond acceptors (Lipinski definition) is 7. The Morgan fingerprint density at radius 3 is 2.88 bits per heavy atom. The third-order valence-corrected chi connectivity index (χ3v) is 7.03. The molecule has 1 aromatic carbocycles. The smallest absolute Gasteiger partial charge is 0.273 e. The zero-order chi connectivity index (χ0) is 24.2. The van der Waals surface area contributed by atoms with E-state index in [4.69, 9.17) is 0 Å². The van der Waals surface area contributed by atoms with Crippen LogP contribution in [0.2, 0.25) is 0 Å². The number of nitrogens with zero attached hydrogens (tertiary/aromatic N) is 4. The van der Waals surface area contributed by atoms with E-state index in [9.17, 15) is 14.4 Å². The van der Waals surface area contributed by atoms with Gasteiger partial charge in [0.05, 0.1) is 5.92 Å². The lowest BCUT2D eigenvalue weighted by atomic mass is 9.97. The first-order valence-electron chi connectivity index (χ1n) is 11.6. The lowest BCUT2D eigenvalue weighted by Gasteiger charge is -2.31. The highest BCUT2D eigenvalue weighted by Gasteiger charge is 2.27. The first kappa shape index (κ1) is 23.9. The molecule has 2 amide bonds. The van der Waals surface area contributed by atoms with E-state index in [2.05, 4.69) is 34.4 Å². The zero-order valence-corrected chi connectivity index (χ0v) is 20.5. The molecule has 0 spiro atoms. The number of thiazole rings is 1. The number of carbonyl (C=O) groups is 2. The average molecular weight is 483 g/mol. The number of piperidine rings is 1. The molecule has 1 aliphatic heterocycles. The van der Waals surface area contributed by atoms with Crippen LogP contribution in [0.3, 0.4) is 0 Å². The van der Waals surface area contributed by atoms with Crippen molar-refractivity contribution in [1.82, 2.24) is 19.9 Å². The van der Waals surface area contributed by atoms with Crippen molar-refractivity contribution in [2.24, 2.45) is 5.92 Å². The van der Waals surface area contributed by atoms with Crippen LogP contribution in [0.5, 0.6) is 0 Å². The number of amides is 2. The molecule has 3 heterocycles. The highest BCUT2D eigenvalue weighted by atomic mass is 32.1. The molecule has 0 radical (unpaired) electrons. The molecule has 2 aromatic heterocycles. The predicted molar refractivity (Wildman–Crippen MR) is 134 cm³/mol. The van der Waals surface area contributed by atoms with Crippen molar-refractivity contribution < 1.29 is 9.59 Å². The van der Waals surface area contributed by atoms with Crippen molar-refractivity contribution in [3.05, 3.63) is 46.5 Å². The van der Waals surface area contributed by atoms with Gasteiger partial charge >= 0.3 is 0 Å². The molecule has 10 heteroatoms. The van der Waals surface area contributed by atoms with Gasteiger partial charge in [0.15, 0.2) is 10.8 Å². The van der Waals surface area contributed by atoms with Gasteiger partial charge in [0, 0.05) is 25.3 Å². The van der Waals surface area contributed by atoms with Crippen LogP contribution in [0.1, 0.15) is 45.1 Å². The molecule has 1 fully saturated rings. The summed E-state index contributed by atoms with van der Waals surface area (Å²) in [5, 5.41) is 6.43. The van der Waals surface area contributed by atoms with Crippen molar-refractivity contribution in [2.75, 3.05) is 29.9 Å². The molecule has 1 atom stereocenters. The number of anilines is 2. The summed E-state index contributed by atoms with van der Waals surface area (Å²) in [6.07, 6.45) is 3.09. The van der Waals surface area contributed by atoms with E-state index in [0.717, 1.165) is 24.9 Å². The number of aromatic nitrogens is 3. The zero-order valence-electron chi connectivity index (χ0n) is 19.7. The molecule has 2 N–H and O–H groups in total. The summed E-state index contributed by atoms with van der Waals surface area (Å²) in [5.41, 5.74) is 1.90. The molecule has 0 saturated carbocycles. The summed E-state index contributed by atoms with van der Waals surface area (Å²) in [7, 11) is 0. The van der Waals surface area contributed by atoms with Crippen LogP contribution >= 0.6 is 11.3 Å². The molecule has 1 aliphatic rings. The van der Waals surface area contributed by atoms with E-state index < -0.39 is 0 Å². The van der Waals surface area contributed by atoms with Crippen LogP contribution in [-0.2, 0) is 16.1 Å². The van der Waals surface area contributed by atoms with E-state index in [1.807, 2.05) is 36.1 Å². The minimum Gasteiger partial charge on any atom is -0.356 e. The molecule has 9 nitrogen and oxygen atoms in total.